The highest BCUT2D eigenvalue weighted by Crippen LogP contribution is 2.22. The molecule has 0 amide bonds. The van der Waals surface area contributed by atoms with Gasteiger partial charge in [0.2, 0.25) is 0 Å². The Hall–Kier alpha value is -0.900. The summed E-state index contributed by atoms with van der Waals surface area (Å²) in [5, 5.41) is 9.43. The van der Waals surface area contributed by atoms with Crippen molar-refractivity contribution in [3.05, 3.63) is 35.4 Å². The molecule has 3 nitrogen and oxygen atoms in total. The molecule has 22 heavy (non-hydrogen) atoms. The van der Waals surface area contributed by atoms with Crippen LogP contribution in [0.1, 0.15) is 38.3 Å². The molecule has 0 aliphatic carbocycles. The highest BCUT2D eigenvalue weighted by Gasteiger charge is 2.28. The molecule has 124 valence electrons. The molecule has 1 heterocycles. The van der Waals surface area contributed by atoms with E-state index in [4.69, 9.17) is 0 Å². The van der Waals surface area contributed by atoms with Crippen LogP contribution < -0.4 is 0 Å². The first-order valence-corrected chi connectivity index (χ1v) is 8.51. The van der Waals surface area contributed by atoms with E-state index in [9.17, 15) is 5.11 Å². The molecule has 1 aromatic rings. The summed E-state index contributed by atoms with van der Waals surface area (Å²) in [6, 6.07) is 9.10. The molecule has 3 heteroatoms. The van der Waals surface area contributed by atoms with Gasteiger partial charge in [-0.2, -0.15) is 0 Å². The summed E-state index contributed by atoms with van der Waals surface area (Å²) in [6.45, 7) is 14.8. The van der Waals surface area contributed by atoms with Gasteiger partial charge in [0.15, 0.2) is 0 Å². The van der Waals surface area contributed by atoms with Crippen LogP contribution in [0.25, 0.3) is 0 Å². The zero-order valence-electron chi connectivity index (χ0n) is 14.7. The summed E-state index contributed by atoms with van der Waals surface area (Å²) in [5.41, 5.74) is 3.11. The van der Waals surface area contributed by atoms with Crippen molar-refractivity contribution in [1.29, 1.82) is 0 Å². The maximum atomic E-state index is 9.43. The van der Waals surface area contributed by atoms with Gasteiger partial charge in [0.25, 0.3) is 0 Å². The fraction of sp³-hybridized carbons (Fsp3) is 0.684. The molecule has 1 unspecified atom stereocenters. The van der Waals surface area contributed by atoms with E-state index in [1.54, 1.807) is 0 Å². The van der Waals surface area contributed by atoms with Gasteiger partial charge in [-0.3, -0.25) is 9.80 Å². The maximum absolute atomic E-state index is 9.43. The Kier molecular flexibility index (Phi) is 6.01. The zero-order chi connectivity index (χ0) is 16.2. The van der Waals surface area contributed by atoms with E-state index in [0.29, 0.717) is 11.5 Å². The van der Waals surface area contributed by atoms with Gasteiger partial charge in [0.05, 0.1) is 0 Å². The van der Waals surface area contributed by atoms with Gasteiger partial charge in [-0.25, -0.2) is 0 Å². The Morgan fingerprint density at radius 2 is 1.91 bits per heavy atom. The highest BCUT2D eigenvalue weighted by molar-refractivity contribution is 5.25. The Balaban J connectivity index is 2.01. The predicted octanol–water partition coefficient (Wildman–Crippen LogP) is 2.91. The molecule has 0 spiro atoms. The molecule has 1 fully saturated rings. The summed E-state index contributed by atoms with van der Waals surface area (Å²) >= 11 is 0. The lowest BCUT2D eigenvalue weighted by Gasteiger charge is -2.43. The van der Waals surface area contributed by atoms with E-state index in [2.05, 4.69) is 61.8 Å². The molecule has 1 atom stereocenters. The quantitative estimate of drug-likeness (QED) is 0.906. The van der Waals surface area contributed by atoms with Crippen molar-refractivity contribution in [1.82, 2.24) is 9.80 Å². The standard InChI is InChI=1S/C19H32N2O/c1-16-7-5-6-8-17(16)13-21-11-10-20(15-19(2,3)4)14-18(21)9-12-22/h5-8,18,22H,9-15H2,1-4H3. The minimum Gasteiger partial charge on any atom is -0.396 e. The van der Waals surface area contributed by atoms with Crippen molar-refractivity contribution in [2.45, 2.75) is 46.7 Å². The molecule has 0 saturated carbocycles. The smallest absolute Gasteiger partial charge is 0.0446 e. The molecule has 0 bridgehead atoms. The fourth-order valence-electron chi connectivity index (χ4n) is 3.41. The average Bonchev–Trinajstić information content (AvgIpc) is 2.42. The fourth-order valence-corrected chi connectivity index (χ4v) is 3.41. The second kappa shape index (κ2) is 7.58. The lowest BCUT2D eigenvalue weighted by atomic mass is 9.94. The van der Waals surface area contributed by atoms with Crippen molar-refractivity contribution in [3.63, 3.8) is 0 Å². The molecular weight excluding hydrogens is 272 g/mol. The molecule has 1 aliphatic rings. The van der Waals surface area contributed by atoms with E-state index in [-0.39, 0.29) is 6.61 Å². The van der Waals surface area contributed by atoms with E-state index >= 15 is 0 Å². The molecular formula is C19H32N2O. The van der Waals surface area contributed by atoms with Crippen LogP contribution in [0.4, 0.5) is 0 Å². The zero-order valence-corrected chi connectivity index (χ0v) is 14.7. The van der Waals surface area contributed by atoms with Gasteiger partial charge in [-0.15, -0.1) is 0 Å². The first kappa shape index (κ1) is 17.5. The minimum atomic E-state index is 0.276. The minimum absolute atomic E-state index is 0.276. The predicted molar refractivity (Wildman–Crippen MR) is 93.0 cm³/mol. The Morgan fingerprint density at radius 1 is 1.18 bits per heavy atom. The van der Waals surface area contributed by atoms with Crippen LogP contribution in [-0.4, -0.2) is 53.7 Å². The summed E-state index contributed by atoms with van der Waals surface area (Å²) in [6.07, 6.45) is 0.868. The van der Waals surface area contributed by atoms with Crippen LogP contribution in [0.3, 0.4) is 0 Å². The van der Waals surface area contributed by atoms with Crippen molar-refractivity contribution in [2.75, 3.05) is 32.8 Å². The third-order valence-corrected chi connectivity index (χ3v) is 4.48. The summed E-state index contributed by atoms with van der Waals surface area (Å²) in [5.74, 6) is 0. The van der Waals surface area contributed by atoms with Gasteiger partial charge in [0.1, 0.15) is 0 Å². The largest absolute Gasteiger partial charge is 0.396 e. The maximum Gasteiger partial charge on any atom is 0.0446 e. The monoisotopic (exact) mass is 304 g/mol. The number of hydrogen-bond acceptors (Lipinski definition) is 3. The Labute approximate surface area is 135 Å². The number of piperazine rings is 1. The number of hydrogen-bond donors (Lipinski definition) is 1. The van der Waals surface area contributed by atoms with Gasteiger partial charge in [-0.1, -0.05) is 45.0 Å². The first-order valence-electron chi connectivity index (χ1n) is 8.51. The third kappa shape index (κ3) is 5.08. The van der Waals surface area contributed by atoms with Crippen LogP contribution in [0.15, 0.2) is 24.3 Å². The highest BCUT2D eigenvalue weighted by atomic mass is 16.3. The van der Waals surface area contributed by atoms with Crippen LogP contribution >= 0.6 is 0 Å². The Morgan fingerprint density at radius 3 is 2.55 bits per heavy atom. The summed E-state index contributed by atoms with van der Waals surface area (Å²) in [4.78, 5) is 5.12. The summed E-state index contributed by atoms with van der Waals surface area (Å²) in [7, 11) is 0. The third-order valence-electron chi connectivity index (χ3n) is 4.48. The number of aliphatic hydroxyl groups excluding tert-OH is 1. The van der Waals surface area contributed by atoms with E-state index < -0.39 is 0 Å². The number of benzene rings is 1. The number of aliphatic hydroxyl groups is 1. The number of aryl methyl sites for hydroxylation is 1. The van der Waals surface area contributed by atoms with Gasteiger partial charge in [0, 0.05) is 45.4 Å². The van der Waals surface area contributed by atoms with Gasteiger partial charge in [-0.05, 0) is 29.9 Å². The van der Waals surface area contributed by atoms with Crippen molar-refractivity contribution >= 4 is 0 Å². The van der Waals surface area contributed by atoms with E-state index in [0.717, 1.165) is 39.1 Å². The molecule has 1 N–H and O–H groups in total. The molecule has 2 rings (SSSR count). The molecule has 1 aromatic carbocycles. The molecule has 1 aliphatic heterocycles. The van der Waals surface area contributed by atoms with Crippen molar-refractivity contribution in [2.24, 2.45) is 5.41 Å². The van der Waals surface area contributed by atoms with Crippen LogP contribution in [0, 0.1) is 12.3 Å². The lowest BCUT2D eigenvalue weighted by Crippen LogP contribution is -2.54. The second-order valence-corrected chi connectivity index (χ2v) is 7.86. The second-order valence-electron chi connectivity index (χ2n) is 7.86. The van der Waals surface area contributed by atoms with Crippen LogP contribution in [0.2, 0.25) is 0 Å². The average molecular weight is 304 g/mol. The SMILES string of the molecule is Cc1ccccc1CN1CCN(CC(C)(C)C)CC1CCO. The van der Waals surface area contributed by atoms with Crippen LogP contribution in [0.5, 0.6) is 0 Å². The Bertz CT molecular complexity index is 467. The van der Waals surface area contributed by atoms with E-state index in [1.165, 1.54) is 11.1 Å². The van der Waals surface area contributed by atoms with Gasteiger partial charge >= 0.3 is 0 Å². The molecule has 0 radical (unpaired) electrons. The lowest BCUT2D eigenvalue weighted by molar-refractivity contribution is 0.0381. The van der Waals surface area contributed by atoms with Gasteiger partial charge < -0.3 is 5.11 Å². The first-order chi connectivity index (χ1) is 10.4. The molecule has 1 saturated heterocycles. The van der Waals surface area contributed by atoms with Crippen molar-refractivity contribution in [3.8, 4) is 0 Å². The normalized spacial score (nSPS) is 21.2. The number of nitrogens with zero attached hydrogens (tertiary/aromatic N) is 2. The topological polar surface area (TPSA) is 26.7 Å². The van der Waals surface area contributed by atoms with Crippen LogP contribution in [-0.2, 0) is 6.54 Å². The van der Waals surface area contributed by atoms with E-state index in [1.807, 2.05) is 0 Å². The van der Waals surface area contributed by atoms with Crippen molar-refractivity contribution < 1.29 is 5.11 Å². The molecule has 0 aromatic heterocycles. The number of rotatable bonds is 5. The summed E-state index contributed by atoms with van der Waals surface area (Å²) < 4.78 is 0.